The monoisotopic (exact) mass is 257 g/mol. The van der Waals surface area contributed by atoms with Crippen molar-refractivity contribution < 1.29 is 9.26 Å². The van der Waals surface area contributed by atoms with E-state index in [4.69, 9.17) is 9.26 Å². The molecule has 0 aliphatic heterocycles. The summed E-state index contributed by atoms with van der Waals surface area (Å²) in [6, 6.07) is 4.20. The molecule has 3 rings (SSSR count). The minimum atomic E-state index is 0.358. The van der Waals surface area contributed by atoms with Crippen LogP contribution in [-0.4, -0.2) is 22.2 Å². The van der Waals surface area contributed by atoms with Crippen molar-refractivity contribution in [1.29, 1.82) is 0 Å². The summed E-state index contributed by atoms with van der Waals surface area (Å²) >= 11 is 0. The molecule has 0 radical (unpaired) electrons. The molecule has 0 aliphatic carbocycles. The average molecular weight is 257 g/mol. The van der Waals surface area contributed by atoms with Gasteiger partial charge in [-0.1, -0.05) is 19.0 Å². The Morgan fingerprint density at radius 1 is 1.32 bits per heavy atom. The van der Waals surface area contributed by atoms with E-state index in [1.54, 1.807) is 13.3 Å². The zero-order valence-electron chi connectivity index (χ0n) is 11.2. The number of benzene rings is 1. The zero-order chi connectivity index (χ0) is 13.4. The van der Waals surface area contributed by atoms with Gasteiger partial charge in [0.1, 0.15) is 0 Å². The molecule has 0 unspecified atom stereocenters. The topological polar surface area (TPSA) is 61.0 Å². The molecule has 3 aromatic rings. The maximum Gasteiger partial charge on any atom is 0.316 e. The molecule has 19 heavy (non-hydrogen) atoms. The SMILES string of the molecule is COc1ncc2ccc3onc(CC(C)C)c3c2n1. The van der Waals surface area contributed by atoms with E-state index in [0.717, 1.165) is 34.0 Å². The molecule has 0 aliphatic rings. The molecule has 5 nitrogen and oxygen atoms in total. The summed E-state index contributed by atoms with van der Waals surface area (Å²) in [4.78, 5) is 8.55. The number of hydrogen-bond donors (Lipinski definition) is 0. The van der Waals surface area contributed by atoms with Crippen LogP contribution in [-0.2, 0) is 6.42 Å². The van der Waals surface area contributed by atoms with E-state index in [2.05, 4.69) is 29.0 Å². The number of rotatable bonds is 3. The summed E-state index contributed by atoms with van der Waals surface area (Å²) in [5, 5.41) is 6.09. The van der Waals surface area contributed by atoms with Gasteiger partial charge < -0.3 is 9.26 Å². The van der Waals surface area contributed by atoms with Crippen LogP contribution in [0.3, 0.4) is 0 Å². The summed E-state index contributed by atoms with van der Waals surface area (Å²) in [5.41, 5.74) is 2.53. The van der Waals surface area contributed by atoms with Crippen molar-refractivity contribution in [1.82, 2.24) is 15.1 Å². The first kappa shape index (κ1) is 11.9. The highest BCUT2D eigenvalue weighted by molar-refractivity contribution is 6.04. The Balaban J connectivity index is 2.32. The zero-order valence-corrected chi connectivity index (χ0v) is 11.2. The average Bonchev–Trinajstić information content (AvgIpc) is 2.81. The molecule has 2 heterocycles. The lowest BCUT2D eigenvalue weighted by atomic mass is 10.0. The van der Waals surface area contributed by atoms with Crippen LogP contribution in [0.25, 0.3) is 21.9 Å². The van der Waals surface area contributed by atoms with E-state index in [-0.39, 0.29) is 0 Å². The summed E-state index contributed by atoms with van der Waals surface area (Å²) in [7, 11) is 1.56. The minimum absolute atomic E-state index is 0.358. The molecule has 98 valence electrons. The minimum Gasteiger partial charge on any atom is -0.467 e. The van der Waals surface area contributed by atoms with Crippen LogP contribution in [0.4, 0.5) is 0 Å². The molecular formula is C14H15N3O2. The van der Waals surface area contributed by atoms with E-state index in [9.17, 15) is 0 Å². The van der Waals surface area contributed by atoms with Crippen LogP contribution >= 0.6 is 0 Å². The van der Waals surface area contributed by atoms with Gasteiger partial charge in [-0.15, -0.1) is 0 Å². The van der Waals surface area contributed by atoms with Gasteiger partial charge >= 0.3 is 6.01 Å². The Bertz CT molecular complexity index is 734. The quantitative estimate of drug-likeness (QED) is 0.721. The highest BCUT2D eigenvalue weighted by atomic mass is 16.5. The van der Waals surface area contributed by atoms with E-state index < -0.39 is 0 Å². The van der Waals surface area contributed by atoms with Crippen LogP contribution in [0.5, 0.6) is 6.01 Å². The lowest BCUT2D eigenvalue weighted by molar-refractivity contribution is 0.382. The molecule has 0 spiro atoms. The summed E-state index contributed by atoms with van der Waals surface area (Å²) < 4.78 is 10.5. The second-order valence-corrected chi connectivity index (χ2v) is 4.96. The standard InChI is InChI=1S/C14H15N3O2/c1-8(2)6-10-12-11(19-17-10)5-4-9-7-15-14(18-3)16-13(9)12/h4-5,7-8H,6H2,1-3H3. The van der Waals surface area contributed by atoms with Gasteiger partial charge in [0.2, 0.25) is 0 Å². The summed E-state index contributed by atoms with van der Waals surface area (Å²) in [5.74, 6) is 0.507. The lowest BCUT2D eigenvalue weighted by Gasteiger charge is -2.03. The van der Waals surface area contributed by atoms with Gasteiger partial charge in [0.15, 0.2) is 5.58 Å². The molecule has 0 atom stereocenters. The molecule has 1 aromatic carbocycles. The first-order valence-corrected chi connectivity index (χ1v) is 6.27. The second-order valence-electron chi connectivity index (χ2n) is 4.96. The number of nitrogens with zero attached hydrogens (tertiary/aromatic N) is 3. The Morgan fingerprint density at radius 2 is 2.16 bits per heavy atom. The Morgan fingerprint density at radius 3 is 2.89 bits per heavy atom. The van der Waals surface area contributed by atoms with E-state index in [0.29, 0.717) is 11.9 Å². The summed E-state index contributed by atoms with van der Waals surface area (Å²) in [6.07, 6.45) is 2.62. The van der Waals surface area contributed by atoms with Gasteiger partial charge in [0.05, 0.1) is 23.7 Å². The first-order chi connectivity index (χ1) is 9.19. The summed E-state index contributed by atoms with van der Waals surface area (Å²) in [6.45, 7) is 4.31. The fraction of sp³-hybridized carbons (Fsp3) is 0.357. The van der Waals surface area contributed by atoms with Gasteiger partial charge in [-0.05, 0) is 24.5 Å². The third-order valence-electron chi connectivity index (χ3n) is 3.02. The molecule has 0 N–H and O–H groups in total. The number of methoxy groups -OCH3 is 1. The van der Waals surface area contributed by atoms with E-state index in [1.807, 2.05) is 12.1 Å². The van der Waals surface area contributed by atoms with Crippen molar-refractivity contribution in [3.8, 4) is 6.01 Å². The predicted octanol–water partition coefficient (Wildman–Crippen LogP) is 2.98. The number of aromatic nitrogens is 3. The van der Waals surface area contributed by atoms with Gasteiger partial charge in [0, 0.05) is 11.6 Å². The Hall–Kier alpha value is -2.17. The molecule has 2 aromatic heterocycles. The lowest BCUT2D eigenvalue weighted by Crippen LogP contribution is -1.96. The van der Waals surface area contributed by atoms with Gasteiger partial charge in [-0.3, -0.25) is 0 Å². The number of hydrogen-bond acceptors (Lipinski definition) is 5. The maximum absolute atomic E-state index is 5.38. The molecular weight excluding hydrogens is 242 g/mol. The highest BCUT2D eigenvalue weighted by Gasteiger charge is 2.15. The second kappa shape index (κ2) is 4.50. The fourth-order valence-electron chi connectivity index (χ4n) is 2.19. The Kier molecular flexibility index (Phi) is 2.81. The molecule has 0 amide bonds. The van der Waals surface area contributed by atoms with Gasteiger partial charge in [-0.2, -0.15) is 4.98 Å². The largest absolute Gasteiger partial charge is 0.467 e. The van der Waals surface area contributed by atoms with E-state index >= 15 is 0 Å². The maximum atomic E-state index is 5.38. The number of ether oxygens (including phenoxy) is 1. The van der Waals surface area contributed by atoms with Crippen molar-refractivity contribution in [3.63, 3.8) is 0 Å². The van der Waals surface area contributed by atoms with Crippen LogP contribution in [0, 0.1) is 5.92 Å². The van der Waals surface area contributed by atoms with Crippen molar-refractivity contribution >= 4 is 21.9 Å². The van der Waals surface area contributed by atoms with Gasteiger partial charge in [0.25, 0.3) is 0 Å². The Labute approximate surface area is 110 Å². The van der Waals surface area contributed by atoms with Crippen molar-refractivity contribution in [3.05, 3.63) is 24.0 Å². The molecule has 0 fully saturated rings. The van der Waals surface area contributed by atoms with Gasteiger partial charge in [-0.25, -0.2) is 4.98 Å². The first-order valence-electron chi connectivity index (χ1n) is 6.27. The highest BCUT2D eigenvalue weighted by Crippen LogP contribution is 2.28. The third-order valence-corrected chi connectivity index (χ3v) is 3.02. The smallest absolute Gasteiger partial charge is 0.316 e. The molecule has 0 bridgehead atoms. The van der Waals surface area contributed by atoms with E-state index in [1.165, 1.54) is 0 Å². The van der Waals surface area contributed by atoms with Crippen molar-refractivity contribution in [2.45, 2.75) is 20.3 Å². The van der Waals surface area contributed by atoms with Crippen LogP contribution in [0.15, 0.2) is 22.9 Å². The fourth-order valence-corrected chi connectivity index (χ4v) is 2.19. The molecule has 5 heteroatoms. The predicted molar refractivity (Wildman–Crippen MR) is 72.2 cm³/mol. The van der Waals surface area contributed by atoms with Crippen molar-refractivity contribution in [2.24, 2.45) is 5.92 Å². The number of fused-ring (bicyclic) bond motifs is 3. The van der Waals surface area contributed by atoms with Crippen LogP contribution in [0.1, 0.15) is 19.5 Å². The van der Waals surface area contributed by atoms with Crippen LogP contribution in [0.2, 0.25) is 0 Å². The third kappa shape index (κ3) is 2.01. The normalized spacial score (nSPS) is 11.6. The van der Waals surface area contributed by atoms with Crippen LogP contribution < -0.4 is 4.74 Å². The molecule has 0 saturated carbocycles. The molecule has 0 saturated heterocycles. The van der Waals surface area contributed by atoms with Crippen molar-refractivity contribution in [2.75, 3.05) is 7.11 Å².